The molecule has 0 spiro atoms. The lowest BCUT2D eigenvalue weighted by Crippen LogP contribution is -2.28. The second-order valence-electron chi connectivity index (χ2n) is 9.39. The predicted molar refractivity (Wildman–Crippen MR) is 141 cm³/mol. The summed E-state index contributed by atoms with van der Waals surface area (Å²) in [5, 5.41) is 18.7. The summed E-state index contributed by atoms with van der Waals surface area (Å²) in [5.41, 5.74) is 0. The van der Waals surface area contributed by atoms with Gasteiger partial charge in [-0.05, 0) is 12.8 Å². The molecule has 0 aliphatic rings. The van der Waals surface area contributed by atoms with Crippen molar-refractivity contribution in [2.45, 2.75) is 129 Å². The van der Waals surface area contributed by atoms with E-state index in [-0.39, 0.29) is 12.8 Å². The third-order valence-electron chi connectivity index (χ3n) is 5.82. The van der Waals surface area contributed by atoms with Gasteiger partial charge in [0.15, 0.2) is 0 Å². The molecular formula is C26H51O10P. The fourth-order valence-corrected chi connectivity index (χ4v) is 4.37. The third kappa shape index (κ3) is 22.6. The van der Waals surface area contributed by atoms with E-state index in [0.717, 1.165) is 32.1 Å². The number of hydrogen-bond donors (Lipinski definition) is 3. The van der Waals surface area contributed by atoms with Crippen molar-refractivity contribution in [2.24, 2.45) is 0 Å². The summed E-state index contributed by atoms with van der Waals surface area (Å²) in [6.07, 6.45) is 13.4. The highest BCUT2D eigenvalue weighted by Crippen LogP contribution is 2.43. The first-order valence-corrected chi connectivity index (χ1v) is 15.5. The number of phosphoric acid groups is 1. The van der Waals surface area contributed by atoms with Gasteiger partial charge in [-0.25, -0.2) is 4.57 Å². The van der Waals surface area contributed by atoms with Crippen molar-refractivity contribution in [3.05, 3.63) is 0 Å². The molecule has 0 saturated heterocycles. The van der Waals surface area contributed by atoms with Gasteiger partial charge in [-0.1, -0.05) is 90.9 Å². The highest BCUT2D eigenvalue weighted by molar-refractivity contribution is 7.47. The van der Waals surface area contributed by atoms with Crippen LogP contribution in [0.1, 0.15) is 117 Å². The van der Waals surface area contributed by atoms with Crippen LogP contribution in [0.5, 0.6) is 0 Å². The van der Waals surface area contributed by atoms with Crippen molar-refractivity contribution in [3.63, 3.8) is 0 Å². The lowest BCUT2D eigenvalue weighted by atomic mass is 10.1. The van der Waals surface area contributed by atoms with Crippen molar-refractivity contribution in [1.82, 2.24) is 0 Å². The number of carbonyl (C=O) groups is 2. The highest BCUT2D eigenvalue weighted by atomic mass is 31.2. The average Bonchev–Trinajstić information content (AvgIpc) is 2.87. The van der Waals surface area contributed by atoms with Crippen LogP contribution in [0.2, 0.25) is 0 Å². The molecule has 3 atom stereocenters. The molecule has 0 aliphatic carbocycles. The van der Waals surface area contributed by atoms with Gasteiger partial charge in [-0.2, -0.15) is 0 Å². The van der Waals surface area contributed by atoms with Crippen LogP contribution in [0, 0.1) is 0 Å². The molecule has 0 radical (unpaired) electrons. The van der Waals surface area contributed by atoms with Crippen LogP contribution in [-0.2, 0) is 32.7 Å². The van der Waals surface area contributed by atoms with Gasteiger partial charge >= 0.3 is 19.8 Å². The summed E-state index contributed by atoms with van der Waals surface area (Å²) in [5.74, 6) is -1.04. The zero-order valence-electron chi connectivity index (χ0n) is 22.9. The van der Waals surface area contributed by atoms with E-state index < -0.39 is 58.4 Å². The van der Waals surface area contributed by atoms with Crippen LogP contribution in [0.25, 0.3) is 0 Å². The Morgan fingerprint density at radius 3 is 1.32 bits per heavy atom. The first kappa shape index (κ1) is 36.0. The fraction of sp³-hybridized carbons (Fsp3) is 0.923. The van der Waals surface area contributed by atoms with Crippen LogP contribution in [0.15, 0.2) is 0 Å². The van der Waals surface area contributed by atoms with Crippen molar-refractivity contribution < 1.29 is 47.8 Å². The molecule has 0 bridgehead atoms. The maximum Gasteiger partial charge on any atom is 0.472 e. The second kappa shape index (κ2) is 24.0. The van der Waals surface area contributed by atoms with Crippen LogP contribution < -0.4 is 0 Å². The van der Waals surface area contributed by atoms with Crippen LogP contribution >= 0.6 is 7.82 Å². The van der Waals surface area contributed by atoms with Gasteiger partial charge in [0.2, 0.25) is 0 Å². The van der Waals surface area contributed by atoms with Crippen molar-refractivity contribution in [1.29, 1.82) is 0 Å². The zero-order valence-corrected chi connectivity index (χ0v) is 23.8. The number of unbranched alkanes of at least 4 members (excludes halogenated alkanes) is 12. The predicted octanol–water partition coefficient (Wildman–Crippen LogP) is 5.21. The van der Waals surface area contributed by atoms with E-state index in [9.17, 15) is 29.3 Å². The third-order valence-corrected chi connectivity index (χ3v) is 6.77. The Bertz CT molecular complexity index is 616. The molecule has 0 heterocycles. The lowest BCUT2D eigenvalue weighted by Gasteiger charge is -2.20. The second-order valence-corrected chi connectivity index (χ2v) is 10.8. The maximum atomic E-state index is 12.1. The molecule has 0 amide bonds. The number of esters is 2. The van der Waals surface area contributed by atoms with E-state index in [1.807, 2.05) is 6.92 Å². The standard InChI is InChI=1S/C26H51O10P/c1-3-5-7-8-9-10-11-12-13-14-16-18-26(30)36-24(20-28)22-34-37(31,32)33-21-23(19-27)35-25(29)17-15-6-4-2/h23-24,27-28H,3-22H2,1-2H3,(H,31,32). The molecule has 0 aliphatic heterocycles. The van der Waals surface area contributed by atoms with Gasteiger partial charge in [0.05, 0.1) is 26.4 Å². The summed E-state index contributed by atoms with van der Waals surface area (Å²) >= 11 is 0. The summed E-state index contributed by atoms with van der Waals surface area (Å²) in [4.78, 5) is 33.6. The van der Waals surface area contributed by atoms with Gasteiger partial charge in [0.1, 0.15) is 12.2 Å². The molecule has 11 heteroatoms. The number of carbonyl (C=O) groups excluding carboxylic acids is 2. The fourth-order valence-electron chi connectivity index (χ4n) is 3.58. The monoisotopic (exact) mass is 554 g/mol. The Hall–Kier alpha value is -1.03. The highest BCUT2D eigenvalue weighted by Gasteiger charge is 2.27. The molecule has 0 rings (SSSR count). The normalized spacial score (nSPS) is 14.6. The van der Waals surface area contributed by atoms with E-state index in [2.05, 4.69) is 6.92 Å². The van der Waals surface area contributed by atoms with Crippen LogP contribution in [-0.4, -0.2) is 65.7 Å². The molecular weight excluding hydrogens is 503 g/mol. The minimum absolute atomic E-state index is 0.181. The summed E-state index contributed by atoms with van der Waals surface area (Å²) in [6, 6.07) is 0. The molecule has 0 fully saturated rings. The molecule has 0 saturated carbocycles. The molecule has 37 heavy (non-hydrogen) atoms. The largest absolute Gasteiger partial charge is 0.472 e. The Morgan fingerprint density at radius 2 is 0.946 bits per heavy atom. The summed E-state index contributed by atoms with van der Waals surface area (Å²) in [7, 11) is -4.59. The Morgan fingerprint density at radius 1 is 0.622 bits per heavy atom. The number of aliphatic hydroxyl groups excluding tert-OH is 2. The molecule has 0 aromatic rings. The van der Waals surface area contributed by atoms with E-state index in [0.29, 0.717) is 12.8 Å². The van der Waals surface area contributed by atoms with Crippen molar-refractivity contribution in [3.8, 4) is 0 Å². The molecule has 0 aromatic carbocycles. The van der Waals surface area contributed by atoms with E-state index >= 15 is 0 Å². The molecule has 10 nitrogen and oxygen atoms in total. The van der Waals surface area contributed by atoms with E-state index in [4.69, 9.17) is 18.5 Å². The van der Waals surface area contributed by atoms with Gasteiger partial charge in [0, 0.05) is 12.8 Å². The van der Waals surface area contributed by atoms with Crippen LogP contribution in [0.3, 0.4) is 0 Å². The first-order valence-electron chi connectivity index (χ1n) is 14.0. The van der Waals surface area contributed by atoms with Gasteiger partial charge in [-0.3, -0.25) is 18.6 Å². The Balaban J connectivity index is 4.05. The number of aliphatic hydroxyl groups is 2. The Labute approximate surface area is 223 Å². The molecule has 0 aromatic heterocycles. The van der Waals surface area contributed by atoms with Crippen molar-refractivity contribution in [2.75, 3.05) is 26.4 Å². The zero-order chi connectivity index (χ0) is 27.8. The maximum absolute atomic E-state index is 12.1. The molecule has 3 N–H and O–H groups in total. The molecule has 3 unspecified atom stereocenters. The summed E-state index contributed by atoms with van der Waals surface area (Å²) < 4.78 is 31.8. The van der Waals surface area contributed by atoms with Gasteiger partial charge in [0.25, 0.3) is 0 Å². The number of hydrogen-bond acceptors (Lipinski definition) is 9. The quantitative estimate of drug-likeness (QED) is 0.0739. The first-order chi connectivity index (χ1) is 17.8. The molecule has 220 valence electrons. The summed E-state index contributed by atoms with van der Waals surface area (Å²) in [6.45, 7) is 1.94. The minimum atomic E-state index is -4.59. The number of phosphoric ester groups is 1. The topological polar surface area (TPSA) is 149 Å². The van der Waals surface area contributed by atoms with Gasteiger partial charge < -0.3 is 24.6 Å². The van der Waals surface area contributed by atoms with Gasteiger partial charge in [-0.15, -0.1) is 0 Å². The van der Waals surface area contributed by atoms with E-state index in [1.54, 1.807) is 0 Å². The Kier molecular flexibility index (Phi) is 23.4. The van der Waals surface area contributed by atoms with Crippen LogP contribution in [0.4, 0.5) is 0 Å². The SMILES string of the molecule is CCCCCCCCCCCCCC(=O)OC(CO)COP(=O)(O)OCC(CO)OC(=O)CCCCC. The smallest absolute Gasteiger partial charge is 0.457 e. The number of ether oxygens (including phenoxy) is 2. The lowest BCUT2D eigenvalue weighted by molar-refractivity contribution is -0.153. The minimum Gasteiger partial charge on any atom is -0.457 e. The van der Waals surface area contributed by atoms with E-state index in [1.165, 1.54) is 44.9 Å². The average molecular weight is 555 g/mol. The number of rotatable bonds is 26. The van der Waals surface area contributed by atoms with Crippen molar-refractivity contribution >= 4 is 19.8 Å².